The standard InChI is InChI=1S/C26H31N5O3/c1-26(14-33-15-26)16-34-20-6-7-21-23(13-20)31(32)17-30(21)24-8-5-18-3-2-4-22(25(18)28-24)29-11-9-19(27)10-12-29/h2-8,13,19,32H,9-12,14-17,27H2,1H3. The SMILES string of the molecule is CC1(COc2ccc3c(c2)N(O)CN3c2ccc3cccc(N4CCC(N)CC4)c3n2)COC1. The third kappa shape index (κ3) is 3.81. The number of nitrogens with zero attached hydrogens (tertiary/aromatic N) is 4. The average Bonchev–Trinajstić information content (AvgIpc) is 3.17. The summed E-state index contributed by atoms with van der Waals surface area (Å²) >= 11 is 0. The van der Waals surface area contributed by atoms with Crippen molar-refractivity contribution in [2.75, 3.05) is 54.4 Å². The van der Waals surface area contributed by atoms with Crippen LogP contribution in [0, 0.1) is 5.41 Å². The number of para-hydroxylation sites is 1. The molecular formula is C26H31N5O3. The summed E-state index contributed by atoms with van der Waals surface area (Å²) in [4.78, 5) is 9.48. The highest BCUT2D eigenvalue weighted by molar-refractivity contribution is 5.93. The minimum absolute atomic E-state index is 0.0656. The molecule has 8 heteroatoms. The first-order chi connectivity index (χ1) is 16.5. The molecule has 3 aliphatic heterocycles. The summed E-state index contributed by atoms with van der Waals surface area (Å²) in [6.45, 7) is 6.38. The second-order valence-corrected chi connectivity index (χ2v) is 10.1. The number of anilines is 4. The highest BCUT2D eigenvalue weighted by Gasteiger charge is 2.34. The maximum absolute atomic E-state index is 10.7. The quantitative estimate of drug-likeness (QED) is 0.592. The Morgan fingerprint density at radius 2 is 1.91 bits per heavy atom. The van der Waals surface area contributed by atoms with E-state index in [1.54, 1.807) is 0 Å². The van der Waals surface area contributed by atoms with E-state index in [2.05, 4.69) is 36.1 Å². The molecule has 8 nitrogen and oxygen atoms in total. The lowest BCUT2D eigenvalue weighted by Crippen LogP contribution is -2.44. The van der Waals surface area contributed by atoms with E-state index in [4.69, 9.17) is 20.2 Å². The fourth-order valence-corrected chi connectivity index (χ4v) is 4.97. The predicted octanol–water partition coefficient (Wildman–Crippen LogP) is 3.88. The zero-order chi connectivity index (χ0) is 23.3. The first kappa shape index (κ1) is 21.5. The minimum atomic E-state index is 0.0656. The highest BCUT2D eigenvalue weighted by Crippen LogP contribution is 2.42. The number of aromatic nitrogens is 1. The Labute approximate surface area is 199 Å². The van der Waals surface area contributed by atoms with E-state index in [0.717, 1.165) is 73.0 Å². The minimum Gasteiger partial charge on any atom is -0.493 e. The van der Waals surface area contributed by atoms with Gasteiger partial charge in [-0.25, -0.2) is 10.0 Å². The number of hydrogen-bond donors (Lipinski definition) is 2. The number of ether oxygens (including phenoxy) is 2. The molecule has 0 atom stereocenters. The maximum Gasteiger partial charge on any atom is 0.135 e. The van der Waals surface area contributed by atoms with Crippen LogP contribution in [0.2, 0.25) is 0 Å². The van der Waals surface area contributed by atoms with E-state index in [1.807, 2.05) is 29.2 Å². The lowest BCUT2D eigenvalue weighted by atomic mass is 9.90. The Morgan fingerprint density at radius 1 is 1.09 bits per heavy atom. The van der Waals surface area contributed by atoms with E-state index in [-0.39, 0.29) is 11.5 Å². The average molecular weight is 462 g/mol. The Morgan fingerprint density at radius 3 is 2.68 bits per heavy atom. The van der Waals surface area contributed by atoms with Gasteiger partial charge in [0.25, 0.3) is 0 Å². The molecule has 178 valence electrons. The molecule has 0 unspecified atom stereocenters. The monoisotopic (exact) mass is 461 g/mol. The molecule has 0 radical (unpaired) electrons. The van der Waals surface area contributed by atoms with Crippen LogP contribution >= 0.6 is 0 Å². The van der Waals surface area contributed by atoms with E-state index in [0.29, 0.717) is 19.0 Å². The Bertz CT molecular complexity index is 1210. The van der Waals surface area contributed by atoms with Crippen LogP contribution in [0.5, 0.6) is 5.75 Å². The van der Waals surface area contributed by atoms with Crippen LogP contribution in [0.3, 0.4) is 0 Å². The van der Waals surface area contributed by atoms with Crippen molar-refractivity contribution >= 4 is 33.8 Å². The van der Waals surface area contributed by atoms with E-state index < -0.39 is 0 Å². The van der Waals surface area contributed by atoms with Crippen molar-refractivity contribution in [3.63, 3.8) is 0 Å². The molecule has 0 saturated carbocycles. The van der Waals surface area contributed by atoms with Crippen LogP contribution in [0.4, 0.5) is 22.9 Å². The summed E-state index contributed by atoms with van der Waals surface area (Å²) in [5, 5.41) is 13.0. The third-order valence-corrected chi connectivity index (χ3v) is 7.12. The van der Waals surface area contributed by atoms with Crippen molar-refractivity contribution in [1.82, 2.24) is 4.98 Å². The first-order valence-electron chi connectivity index (χ1n) is 12.0. The van der Waals surface area contributed by atoms with Gasteiger partial charge in [0.05, 0.1) is 42.4 Å². The summed E-state index contributed by atoms with van der Waals surface area (Å²) in [7, 11) is 0. The smallest absolute Gasteiger partial charge is 0.135 e. The van der Waals surface area contributed by atoms with Gasteiger partial charge in [0.2, 0.25) is 0 Å². The second kappa shape index (κ2) is 8.30. The summed E-state index contributed by atoms with van der Waals surface area (Å²) < 4.78 is 11.3. The van der Waals surface area contributed by atoms with Crippen LogP contribution in [0.15, 0.2) is 48.5 Å². The fraction of sp³-hybridized carbons (Fsp3) is 0.423. The molecule has 34 heavy (non-hydrogen) atoms. The van der Waals surface area contributed by atoms with Gasteiger partial charge in [0.1, 0.15) is 18.2 Å². The maximum atomic E-state index is 10.7. The highest BCUT2D eigenvalue weighted by atomic mass is 16.5. The number of pyridine rings is 1. The number of fused-ring (bicyclic) bond motifs is 2. The van der Waals surface area contributed by atoms with Crippen LogP contribution in [-0.2, 0) is 4.74 Å². The number of piperidine rings is 1. The van der Waals surface area contributed by atoms with Gasteiger partial charge in [-0.3, -0.25) is 5.21 Å². The van der Waals surface area contributed by atoms with Crippen molar-refractivity contribution in [3.8, 4) is 5.75 Å². The summed E-state index contributed by atoms with van der Waals surface area (Å²) in [5.74, 6) is 1.55. The van der Waals surface area contributed by atoms with Crippen LogP contribution in [-0.4, -0.2) is 55.8 Å². The zero-order valence-electron chi connectivity index (χ0n) is 19.5. The largest absolute Gasteiger partial charge is 0.493 e. The van der Waals surface area contributed by atoms with Crippen molar-refractivity contribution in [2.45, 2.75) is 25.8 Å². The van der Waals surface area contributed by atoms with Crippen molar-refractivity contribution < 1.29 is 14.7 Å². The molecule has 0 spiro atoms. The Balaban J connectivity index is 1.29. The van der Waals surface area contributed by atoms with Gasteiger partial charge in [0, 0.05) is 36.0 Å². The van der Waals surface area contributed by atoms with Crippen LogP contribution in [0.1, 0.15) is 19.8 Å². The van der Waals surface area contributed by atoms with Gasteiger partial charge in [0.15, 0.2) is 0 Å². The molecule has 3 aromatic rings. The molecule has 2 fully saturated rings. The molecule has 2 saturated heterocycles. The van der Waals surface area contributed by atoms with Gasteiger partial charge < -0.3 is 25.0 Å². The van der Waals surface area contributed by atoms with E-state index in [1.165, 1.54) is 5.06 Å². The molecule has 2 aromatic carbocycles. The molecule has 3 aliphatic rings. The molecule has 0 bridgehead atoms. The third-order valence-electron chi connectivity index (χ3n) is 7.12. The Kier molecular flexibility index (Phi) is 5.24. The van der Waals surface area contributed by atoms with Crippen molar-refractivity contribution in [1.29, 1.82) is 0 Å². The molecule has 0 aliphatic carbocycles. The van der Waals surface area contributed by atoms with Crippen molar-refractivity contribution in [2.24, 2.45) is 11.1 Å². The molecular weight excluding hydrogens is 430 g/mol. The number of hydrogen-bond acceptors (Lipinski definition) is 8. The molecule has 1 aromatic heterocycles. The lowest BCUT2D eigenvalue weighted by molar-refractivity contribution is -0.120. The van der Waals surface area contributed by atoms with E-state index >= 15 is 0 Å². The van der Waals surface area contributed by atoms with Crippen LogP contribution in [0.25, 0.3) is 10.9 Å². The van der Waals surface area contributed by atoms with Gasteiger partial charge >= 0.3 is 0 Å². The van der Waals surface area contributed by atoms with Gasteiger partial charge in [-0.1, -0.05) is 19.1 Å². The lowest BCUT2D eigenvalue weighted by Gasteiger charge is -2.37. The predicted molar refractivity (Wildman–Crippen MR) is 133 cm³/mol. The van der Waals surface area contributed by atoms with Crippen molar-refractivity contribution in [3.05, 3.63) is 48.5 Å². The summed E-state index contributed by atoms with van der Waals surface area (Å²) in [6.07, 6.45) is 1.98. The number of benzene rings is 2. The van der Waals surface area contributed by atoms with Gasteiger partial charge in [-0.2, -0.15) is 0 Å². The summed E-state index contributed by atoms with van der Waals surface area (Å²) in [5.41, 5.74) is 9.93. The molecule has 0 amide bonds. The molecule has 4 heterocycles. The first-order valence-corrected chi connectivity index (χ1v) is 12.0. The summed E-state index contributed by atoms with van der Waals surface area (Å²) in [6, 6.07) is 16.6. The molecule has 6 rings (SSSR count). The zero-order valence-corrected chi connectivity index (χ0v) is 19.5. The van der Waals surface area contributed by atoms with E-state index in [9.17, 15) is 5.21 Å². The van der Waals surface area contributed by atoms with Crippen LogP contribution < -0.4 is 25.3 Å². The van der Waals surface area contributed by atoms with Gasteiger partial charge in [-0.05, 0) is 43.2 Å². The van der Waals surface area contributed by atoms with Gasteiger partial charge in [-0.15, -0.1) is 0 Å². The number of nitrogens with two attached hydrogens (primary N) is 1. The normalized spacial score (nSPS) is 19.9. The second-order valence-electron chi connectivity index (χ2n) is 10.1. The number of hydroxylamine groups is 1. The molecule has 3 N–H and O–H groups in total. The topological polar surface area (TPSA) is 87.3 Å². The number of rotatable bonds is 5. The fourth-order valence-electron chi connectivity index (χ4n) is 4.97. The Hall–Kier alpha value is -3.07.